The number of piperidine rings is 1. The quantitative estimate of drug-likeness (QED) is 0.188. The van der Waals surface area contributed by atoms with E-state index in [2.05, 4.69) is 23.6 Å². The normalized spacial score (nSPS) is 20.9. The average Bonchev–Trinajstić information content (AvgIpc) is 3.28. The highest BCUT2D eigenvalue weighted by atomic mass is 19.1. The zero-order valence-corrected chi connectivity index (χ0v) is 25.4. The number of amides is 1. The Labute approximate surface area is 250 Å². The monoisotopic (exact) mass is 581 g/mol. The van der Waals surface area contributed by atoms with Gasteiger partial charge in [-0.3, -0.25) is 0 Å². The summed E-state index contributed by atoms with van der Waals surface area (Å²) in [6.07, 6.45) is 7.77. The van der Waals surface area contributed by atoms with Gasteiger partial charge in [-0.15, -0.1) is 0 Å². The maximum absolute atomic E-state index is 15.3. The molecule has 0 N–H and O–H groups in total. The SMILES string of the molecule is CCCCOC(OCCCC)C1CCN(c2ccc(F)c(N3C4CCC3CN(C(=O)OCc3ccccc3)C4)c2)CC1. The summed E-state index contributed by atoms with van der Waals surface area (Å²) in [5.41, 5.74) is 2.69. The Bertz CT molecular complexity index is 1100. The van der Waals surface area contributed by atoms with E-state index < -0.39 is 0 Å². The van der Waals surface area contributed by atoms with Gasteiger partial charge in [0, 0.05) is 63.1 Å². The lowest BCUT2D eigenvalue weighted by atomic mass is 9.95. The first-order valence-electron chi connectivity index (χ1n) is 16.1. The number of carbonyl (C=O) groups is 1. The van der Waals surface area contributed by atoms with E-state index in [1.807, 2.05) is 42.5 Å². The van der Waals surface area contributed by atoms with E-state index in [4.69, 9.17) is 14.2 Å². The predicted molar refractivity (Wildman–Crippen MR) is 164 cm³/mol. The van der Waals surface area contributed by atoms with E-state index in [-0.39, 0.29) is 36.9 Å². The van der Waals surface area contributed by atoms with E-state index in [1.54, 1.807) is 11.0 Å². The molecule has 0 aliphatic carbocycles. The molecule has 3 aliphatic heterocycles. The van der Waals surface area contributed by atoms with Crippen molar-refractivity contribution in [2.45, 2.75) is 90.2 Å². The molecule has 3 fully saturated rings. The van der Waals surface area contributed by atoms with Crippen molar-refractivity contribution in [3.63, 3.8) is 0 Å². The van der Waals surface area contributed by atoms with Crippen LogP contribution in [0.25, 0.3) is 0 Å². The number of hydrogen-bond acceptors (Lipinski definition) is 6. The van der Waals surface area contributed by atoms with Crippen LogP contribution in [0.5, 0.6) is 0 Å². The summed E-state index contributed by atoms with van der Waals surface area (Å²) in [4.78, 5) is 19.3. The molecule has 0 radical (unpaired) electrons. The first-order valence-corrected chi connectivity index (χ1v) is 16.1. The van der Waals surface area contributed by atoms with Crippen LogP contribution in [-0.4, -0.2) is 68.8 Å². The summed E-state index contributed by atoms with van der Waals surface area (Å²) in [5.74, 6) is 0.180. The molecule has 3 aliphatic rings. The molecule has 230 valence electrons. The summed E-state index contributed by atoms with van der Waals surface area (Å²) in [5, 5.41) is 0. The van der Waals surface area contributed by atoms with Gasteiger partial charge in [0.2, 0.25) is 0 Å². The molecule has 0 saturated carbocycles. The number of piperazine rings is 1. The summed E-state index contributed by atoms with van der Waals surface area (Å²) >= 11 is 0. The predicted octanol–water partition coefficient (Wildman–Crippen LogP) is 6.99. The van der Waals surface area contributed by atoms with E-state index in [0.717, 1.165) is 88.9 Å². The maximum atomic E-state index is 15.3. The number of unbranched alkanes of at least 4 members (excludes halogenated alkanes) is 2. The van der Waals surface area contributed by atoms with Crippen molar-refractivity contribution >= 4 is 17.5 Å². The summed E-state index contributed by atoms with van der Waals surface area (Å²) in [7, 11) is 0. The molecule has 2 atom stereocenters. The summed E-state index contributed by atoms with van der Waals surface area (Å²) in [6.45, 7) is 9.01. The number of halogens is 1. The molecule has 2 aromatic rings. The van der Waals surface area contributed by atoms with Crippen molar-refractivity contribution in [1.82, 2.24) is 4.90 Å². The molecule has 7 nitrogen and oxygen atoms in total. The Balaban J connectivity index is 1.18. The van der Waals surface area contributed by atoms with Crippen molar-refractivity contribution < 1.29 is 23.4 Å². The molecule has 0 spiro atoms. The van der Waals surface area contributed by atoms with Crippen LogP contribution in [0.4, 0.5) is 20.6 Å². The molecule has 2 aromatic carbocycles. The van der Waals surface area contributed by atoms with E-state index in [9.17, 15) is 4.79 Å². The van der Waals surface area contributed by atoms with Gasteiger partial charge in [0.25, 0.3) is 0 Å². The summed E-state index contributed by atoms with van der Waals surface area (Å²) < 4.78 is 33.3. The van der Waals surface area contributed by atoms with Crippen molar-refractivity contribution in [2.75, 3.05) is 49.2 Å². The average molecular weight is 582 g/mol. The first kappa shape index (κ1) is 30.6. The smallest absolute Gasteiger partial charge is 0.410 e. The van der Waals surface area contributed by atoms with Gasteiger partial charge in [0.05, 0.1) is 5.69 Å². The minimum atomic E-state index is -0.289. The number of ether oxygens (including phenoxy) is 3. The van der Waals surface area contributed by atoms with Crippen LogP contribution in [-0.2, 0) is 20.8 Å². The fourth-order valence-corrected chi connectivity index (χ4v) is 6.59. The van der Waals surface area contributed by atoms with E-state index in [1.165, 1.54) is 0 Å². The molecule has 2 unspecified atom stereocenters. The second-order valence-electron chi connectivity index (χ2n) is 12.0. The zero-order valence-electron chi connectivity index (χ0n) is 25.4. The summed E-state index contributed by atoms with van der Waals surface area (Å²) in [6, 6.07) is 15.5. The molecule has 2 bridgehead atoms. The van der Waals surface area contributed by atoms with Gasteiger partial charge in [-0.2, -0.15) is 0 Å². The molecule has 1 amide bonds. The molecule has 3 saturated heterocycles. The van der Waals surface area contributed by atoms with Gasteiger partial charge in [0.15, 0.2) is 6.29 Å². The molecule has 3 heterocycles. The highest BCUT2D eigenvalue weighted by Gasteiger charge is 2.43. The van der Waals surface area contributed by atoms with Crippen LogP contribution in [0.15, 0.2) is 48.5 Å². The van der Waals surface area contributed by atoms with Crippen molar-refractivity contribution in [3.8, 4) is 0 Å². The number of rotatable bonds is 13. The molecular weight excluding hydrogens is 533 g/mol. The van der Waals surface area contributed by atoms with Crippen LogP contribution >= 0.6 is 0 Å². The van der Waals surface area contributed by atoms with Gasteiger partial charge >= 0.3 is 6.09 Å². The van der Waals surface area contributed by atoms with Crippen LogP contribution in [0.3, 0.4) is 0 Å². The fraction of sp³-hybridized carbons (Fsp3) is 0.618. The Morgan fingerprint density at radius 1 is 0.905 bits per heavy atom. The number of likely N-dealkylation sites (tertiary alicyclic amines) is 1. The lowest BCUT2D eigenvalue weighted by molar-refractivity contribution is -0.177. The standard InChI is InChI=1S/C34H48FN3O4/c1-3-5-20-40-33(41-21-6-4-2)27-16-18-36(19-17-27)28-14-15-31(35)32(22-28)38-29-12-13-30(38)24-37(23-29)34(39)42-25-26-10-8-7-9-11-26/h7-11,14-15,22,27,29-30,33H,3-6,12-13,16-21,23-25H2,1-2H3. The molecule has 5 rings (SSSR count). The van der Waals surface area contributed by atoms with Crippen molar-refractivity contribution in [2.24, 2.45) is 5.92 Å². The third kappa shape index (κ3) is 7.56. The fourth-order valence-electron chi connectivity index (χ4n) is 6.59. The Morgan fingerprint density at radius 2 is 1.55 bits per heavy atom. The van der Waals surface area contributed by atoms with Crippen molar-refractivity contribution in [1.29, 1.82) is 0 Å². The third-order valence-electron chi connectivity index (χ3n) is 9.00. The number of hydrogen-bond donors (Lipinski definition) is 0. The number of carbonyl (C=O) groups excluding carboxylic acids is 1. The van der Waals surface area contributed by atoms with Crippen LogP contribution in [0.1, 0.15) is 70.8 Å². The second kappa shape index (κ2) is 15.1. The van der Waals surface area contributed by atoms with Gasteiger partial charge < -0.3 is 28.9 Å². The number of anilines is 2. The minimum absolute atomic E-state index is 0.0878. The molecule has 42 heavy (non-hydrogen) atoms. The topological polar surface area (TPSA) is 54.5 Å². The third-order valence-corrected chi connectivity index (χ3v) is 9.00. The lowest BCUT2D eigenvalue weighted by Gasteiger charge is -2.42. The van der Waals surface area contributed by atoms with Gasteiger partial charge in [0.1, 0.15) is 12.4 Å². The Morgan fingerprint density at radius 3 is 2.17 bits per heavy atom. The number of benzene rings is 2. The Hall–Kier alpha value is -2.84. The van der Waals surface area contributed by atoms with Crippen LogP contribution in [0, 0.1) is 11.7 Å². The van der Waals surface area contributed by atoms with Gasteiger partial charge in [-0.25, -0.2) is 9.18 Å². The maximum Gasteiger partial charge on any atom is 0.410 e. The zero-order chi connectivity index (χ0) is 29.3. The van der Waals surface area contributed by atoms with Gasteiger partial charge in [-0.1, -0.05) is 57.0 Å². The highest BCUT2D eigenvalue weighted by Crippen LogP contribution is 2.39. The van der Waals surface area contributed by atoms with Crippen LogP contribution < -0.4 is 9.80 Å². The number of nitrogens with zero attached hydrogens (tertiary/aromatic N) is 3. The molecular formula is C34H48FN3O4. The molecule has 8 heteroatoms. The van der Waals surface area contributed by atoms with Crippen LogP contribution in [0.2, 0.25) is 0 Å². The van der Waals surface area contributed by atoms with Gasteiger partial charge in [-0.05, 0) is 62.3 Å². The molecule has 0 aromatic heterocycles. The van der Waals surface area contributed by atoms with E-state index in [0.29, 0.717) is 24.7 Å². The minimum Gasteiger partial charge on any atom is -0.445 e. The second-order valence-corrected chi connectivity index (χ2v) is 12.0. The first-order chi connectivity index (χ1) is 20.6. The largest absolute Gasteiger partial charge is 0.445 e. The van der Waals surface area contributed by atoms with Crippen molar-refractivity contribution in [3.05, 3.63) is 59.9 Å². The Kier molecular flexibility index (Phi) is 11.0. The van der Waals surface area contributed by atoms with E-state index >= 15 is 4.39 Å². The number of fused-ring (bicyclic) bond motifs is 2. The lowest BCUT2D eigenvalue weighted by Crippen LogP contribution is -2.55. The highest BCUT2D eigenvalue weighted by molar-refractivity contribution is 5.69.